The molecule has 0 unspecified atom stereocenters. The molecule has 60 heavy (non-hydrogen) atoms. The summed E-state index contributed by atoms with van der Waals surface area (Å²) in [6.45, 7) is 15.4. The monoisotopic (exact) mass is 782 g/mol. The fourth-order valence-corrected chi connectivity index (χ4v) is 9.31. The van der Waals surface area contributed by atoms with E-state index in [4.69, 9.17) is 28.1 Å². The highest BCUT2D eigenvalue weighted by Gasteiger charge is 2.21. The maximum absolute atomic E-state index is 7.72. The minimum absolute atomic E-state index is 0.434. The molecule has 0 radical (unpaired) electrons. The third-order valence-corrected chi connectivity index (χ3v) is 12.2. The number of rotatable bonds is 6. The fraction of sp³-hybridized carbons (Fsp3) is 0. The highest BCUT2D eigenvalue weighted by atomic mass is 32.1. The lowest BCUT2D eigenvalue weighted by molar-refractivity contribution is 1.06. The number of hydrogen-bond donors (Lipinski definition) is 0. The molecule has 0 saturated carbocycles. The quantitative estimate of drug-likeness (QED) is 0.158. The second-order valence-corrected chi connectivity index (χ2v) is 15.7. The maximum Gasteiger partial charge on any atom is 0.177 e. The predicted octanol–water partition coefficient (Wildman–Crippen LogP) is 14.8. The molecule has 0 aliphatic rings. The van der Waals surface area contributed by atoms with E-state index in [1.54, 1.807) is 6.07 Å². The Bertz CT molecular complexity index is 3480. The molecule has 278 valence electrons. The van der Waals surface area contributed by atoms with Crippen LogP contribution in [-0.4, -0.2) is 19.5 Å². The summed E-state index contributed by atoms with van der Waals surface area (Å²) in [5, 5.41) is 4.66. The molecule has 0 N–H and O–H groups in total. The van der Waals surface area contributed by atoms with Gasteiger partial charge in [-0.2, -0.15) is 0 Å². The number of nitrogens with zero attached hydrogens (tertiary/aromatic N) is 6. The normalized spacial score (nSPS) is 11.3. The fourth-order valence-electron chi connectivity index (χ4n) is 8.22. The SMILES string of the molecule is [C-]#[N+]c1cc([N+]#[C-])cc(-c2ccc3c4ccccc4n(-c4ccc(-c5ccc6sc7ccccc7c6c5)cc4-c4nc(-c5ccccc5)nc(-c5ccccc5)n4)c3c2)c1. The number of aromatic nitrogens is 4. The minimum Gasteiger partial charge on any atom is -0.308 e. The van der Waals surface area contributed by atoms with E-state index in [9.17, 15) is 0 Å². The molecule has 3 aromatic heterocycles. The Balaban J connectivity index is 1.21. The van der Waals surface area contributed by atoms with Gasteiger partial charge in [0.1, 0.15) is 0 Å². The van der Waals surface area contributed by atoms with Crippen LogP contribution in [0.4, 0.5) is 11.4 Å². The summed E-state index contributed by atoms with van der Waals surface area (Å²) in [7, 11) is 0. The van der Waals surface area contributed by atoms with Crippen LogP contribution in [0.15, 0.2) is 182 Å². The standard InChI is InChI=1S/C53H30N6S/c1-54-39-27-38(28-40(32-39)55-2)37-21-24-42-41-17-9-11-19-46(41)59(48(42)31-37)47-25-22-35(36-23-26-50-44(29-36)43-18-10-12-20-49(43)60-50)30-45(47)53-57-51(33-13-5-3-6-14-33)56-52(58-53)34-15-7-4-8-16-34/h3-32H. The molecule has 3 heterocycles. The Labute approximate surface area is 349 Å². The molecule has 0 saturated heterocycles. The second kappa shape index (κ2) is 14.3. The van der Waals surface area contributed by atoms with E-state index in [0.29, 0.717) is 28.8 Å². The Morgan fingerprint density at radius 1 is 0.383 bits per heavy atom. The van der Waals surface area contributed by atoms with Gasteiger partial charge < -0.3 is 4.57 Å². The first-order valence-electron chi connectivity index (χ1n) is 19.5. The van der Waals surface area contributed by atoms with Crippen molar-refractivity contribution in [3.05, 3.63) is 205 Å². The van der Waals surface area contributed by atoms with Crippen molar-refractivity contribution in [1.82, 2.24) is 19.5 Å². The zero-order chi connectivity index (χ0) is 40.2. The van der Waals surface area contributed by atoms with Crippen LogP contribution in [0.1, 0.15) is 0 Å². The summed E-state index contributed by atoms with van der Waals surface area (Å²) in [5.74, 6) is 1.72. The Morgan fingerprint density at radius 3 is 1.65 bits per heavy atom. The van der Waals surface area contributed by atoms with Gasteiger partial charge in [-0.05, 0) is 64.7 Å². The number of para-hydroxylation sites is 1. The van der Waals surface area contributed by atoms with E-state index >= 15 is 0 Å². The Kier molecular flexibility index (Phi) is 8.34. The molecule has 11 rings (SSSR count). The highest BCUT2D eigenvalue weighted by molar-refractivity contribution is 7.25. The van der Waals surface area contributed by atoms with E-state index in [2.05, 4.69) is 117 Å². The van der Waals surface area contributed by atoms with Gasteiger partial charge >= 0.3 is 0 Å². The first-order chi connectivity index (χ1) is 29.6. The molecule has 0 bridgehead atoms. The van der Waals surface area contributed by atoms with Crippen LogP contribution in [0.3, 0.4) is 0 Å². The van der Waals surface area contributed by atoms with Gasteiger partial charge in [0.05, 0.1) is 29.9 Å². The van der Waals surface area contributed by atoms with Crippen LogP contribution in [-0.2, 0) is 0 Å². The molecule has 0 amide bonds. The highest BCUT2D eigenvalue weighted by Crippen LogP contribution is 2.42. The zero-order valence-electron chi connectivity index (χ0n) is 31.9. The van der Waals surface area contributed by atoms with Crippen molar-refractivity contribution in [2.24, 2.45) is 0 Å². The van der Waals surface area contributed by atoms with Gasteiger partial charge in [-0.15, -0.1) is 11.3 Å². The number of fused-ring (bicyclic) bond motifs is 6. The number of benzene rings is 8. The largest absolute Gasteiger partial charge is 0.308 e. The molecular formula is C53H30N6S. The van der Waals surface area contributed by atoms with Gasteiger partial charge in [-0.1, -0.05) is 140 Å². The molecule has 7 heteroatoms. The smallest absolute Gasteiger partial charge is 0.177 e. The number of thiophene rings is 1. The van der Waals surface area contributed by atoms with Gasteiger partial charge in [-0.3, -0.25) is 0 Å². The van der Waals surface area contributed by atoms with Gasteiger partial charge in [0, 0.05) is 47.6 Å². The molecule has 0 spiro atoms. The molecule has 8 aromatic carbocycles. The summed E-state index contributed by atoms with van der Waals surface area (Å²) in [5.41, 5.74) is 10.3. The van der Waals surface area contributed by atoms with Crippen molar-refractivity contribution in [2.45, 2.75) is 0 Å². The predicted molar refractivity (Wildman–Crippen MR) is 247 cm³/mol. The van der Waals surface area contributed by atoms with Gasteiger partial charge in [0.25, 0.3) is 0 Å². The third-order valence-electron chi connectivity index (χ3n) is 11.1. The van der Waals surface area contributed by atoms with Crippen molar-refractivity contribution in [1.29, 1.82) is 0 Å². The van der Waals surface area contributed by atoms with Crippen molar-refractivity contribution >= 4 is 64.7 Å². The number of hydrogen-bond acceptors (Lipinski definition) is 4. The lowest BCUT2D eigenvalue weighted by Crippen LogP contribution is -2.04. The van der Waals surface area contributed by atoms with Gasteiger partial charge in [0.2, 0.25) is 0 Å². The Morgan fingerprint density at radius 2 is 0.933 bits per heavy atom. The van der Waals surface area contributed by atoms with Crippen LogP contribution < -0.4 is 0 Å². The average molecular weight is 783 g/mol. The van der Waals surface area contributed by atoms with Gasteiger partial charge in [0.15, 0.2) is 28.8 Å². The lowest BCUT2D eigenvalue weighted by Gasteiger charge is -2.17. The zero-order valence-corrected chi connectivity index (χ0v) is 32.7. The molecule has 0 fully saturated rings. The molecule has 11 aromatic rings. The van der Waals surface area contributed by atoms with Crippen molar-refractivity contribution < 1.29 is 0 Å². The van der Waals surface area contributed by atoms with Crippen molar-refractivity contribution in [3.8, 4) is 62.1 Å². The first kappa shape index (κ1) is 35.0. The van der Waals surface area contributed by atoms with E-state index in [0.717, 1.165) is 66.4 Å². The summed E-state index contributed by atoms with van der Waals surface area (Å²) in [6.07, 6.45) is 0. The van der Waals surface area contributed by atoms with Crippen LogP contribution in [0.2, 0.25) is 0 Å². The summed E-state index contributed by atoms with van der Waals surface area (Å²) in [6, 6.07) is 62.2. The van der Waals surface area contributed by atoms with Crippen LogP contribution in [0, 0.1) is 13.1 Å². The summed E-state index contributed by atoms with van der Waals surface area (Å²) in [4.78, 5) is 22.9. The summed E-state index contributed by atoms with van der Waals surface area (Å²) >= 11 is 1.81. The topological polar surface area (TPSA) is 52.3 Å². The van der Waals surface area contributed by atoms with E-state index in [1.807, 2.05) is 84.1 Å². The Hall–Kier alpha value is -8.23. The lowest BCUT2D eigenvalue weighted by atomic mass is 9.99. The molecule has 0 atom stereocenters. The van der Waals surface area contributed by atoms with Crippen LogP contribution in [0.5, 0.6) is 0 Å². The van der Waals surface area contributed by atoms with Crippen molar-refractivity contribution in [2.75, 3.05) is 0 Å². The van der Waals surface area contributed by atoms with Crippen molar-refractivity contribution in [3.63, 3.8) is 0 Å². The van der Waals surface area contributed by atoms with Crippen LogP contribution >= 0.6 is 11.3 Å². The average Bonchev–Trinajstić information content (AvgIpc) is 3.86. The van der Waals surface area contributed by atoms with E-state index in [1.165, 1.54) is 20.2 Å². The molecule has 0 aliphatic heterocycles. The molecule has 0 aliphatic carbocycles. The molecule has 6 nitrogen and oxygen atoms in total. The summed E-state index contributed by atoms with van der Waals surface area (Å²) < 4.78 is 4.82. The second-order valence-electron chi connectivity index (χ2n) is 14.6. The van der Waals surface area contributed by atoms with E-state index < -0.39 is 0 Å². The third kappa shape index (κ3) is 5.97. The van der Waals surface area contributed by atoms with Gasteiger partial charge in [-0.25, -0.2) is 24.6 Å². The maximum atomic E-state index is 7.72. The van der Waals surface area contributed by atoms with E-state index in [-0.39, 0.29) is 0 Å². The molecular weight excluding hydrogens is 753 g/mol. The van der Waals surface area contributed by atoms with Crippen LogP contribution in [0.25, 0.3) is 114 Å². The first-order valence-corrected chi connectivity index (χ1v) is 20.3. The minimum atomic E-state index is 0.434.